The predicted octanol–water partition coefficient (Wildman–Crippen LogP) is 3.54. The van der Waals surface area contributed by atoms with Crippen molar-refractivity contribution in [1.29, 1.82) is 5.41 Å². The highest BCUT2D eigenvalue weighted by Gasteiger charge is 2.08. The van der Waals surface area contributed by atoms with Gasteiger partial charge in [0.1, 0.15) is 17.5 Å². The Labute approximate surface area is 114 Å². The number of amidine groups is 1. The Hall–Kier alpha value is -1.88. The third-order valence-corrected chi connectivity index (χ3v) is 3.66. The van der Waals surface area contributed by atoms with Gasteiger partial charge in [0.05, 0.1) is 0 Å². The maximum Gasteiger partial charge on any atom is 0.136 e. The van der Waals surface area contributed by atoms with Crippen LogP contribution in [0.2, 0.25) is 0 Å². The molecule has 0 aliphatic carbocycles. The van der Waals surface area contributed by atoms with E-state index >= 15 is 0 Å². The van der Waals surface area contributed by atoms with Gasteiger partial charge in [-0.3, -0.25) is 5.41 Å². The number of benzene rings is 2. The fraction of sp³-hybridized carbons (Fsp3) is 0.0714. The SMILES string of the molecule is N=C(N)c1ccccc1CSc1cc(F)ccc1F. The maximum atomic E-state index is 13.5. The smallest absolute Gasteiger partial charge is 0.136 e. The molecule has 19 heavy (non-hydrogen) atoms. The maximum absolute atomic E-state index is 13.5. The zero-order chi connectivity index (χ0) is 13.8. The number of nitrogen functional groups attached to an aromatic ring is 1. The summed E-state index contributed by atoms with van der Waals surface area (Å²) in [7, 11) is 0. The first kappa shape index (κ1) is 13.5. The second-order valence-corrected chi connectivity index (χ2v) is 4.95. The molecule has 98 valence electrons. The quantitative estimate of drug-likeness (QED) is 0.510. The summed E-state index contributed by atoms with van der Waals surface area (Å²) in [6, 6.07) is 10.5. The molecule has 0 heterocycles. The zero-order valence-electron chi connectivity index (χ0n) is 9.99. The Bertz CT molecular complexity index is 614. The molecule has 0 amide bonds. The predicted molar refractivity (Wildman–Crippen MR) is 73.4 cm³/mol. The van der Waals surface area contributed by atoms with E-state index in [1.165, 1.54) is 11.8 Å². The molecule has 5 heteroatoms. The standard InChI is InChI=1S/C14H12F2N2S/c15-10-5-6-12(16)13(7-10)19-8-9-3-1-2-4-11(9)14(17)18/h1-7H,8H2,(H3,17,18). The minimum Gasteiger partial charge on any atom is -0.384 e. The molecule has 0 aliphatic rings. The first-order valence-electron chi connectivity index (χ1n) is 5.58. The first-order valence-corrected chi connectivity index (χ1v) is 6.56. The van der Waals surface area contributed by atoms with Gasteiger partial charge in [-0.2, -0.15) is 0 Å². The van der Waals surface area contributed by atoms with Gasteiger partial charge in [-0.25, -0.2) is 8.78 Å². The Morgan fingerprint density at radius 2 is 1.89 bits per heavy atom. The van der Waals surface area contributed by atoms with Gasteiger partial charge in [-0.05, 0) is 23.8 Å². The minimum absolute atomic E-state index is 0.0316. The topological polar surface area (TPSA) is 49.9 Å². The highest BCUT2D eigenvalue weighted by molar-refractivity contribution is 7.98. The lowest BCUT2D eigenvalue weighted by Gasteiger charge is -2.08. The highest BCUT2D eigenvalue weighted by Crippen LogP contribution is 2.27. The van der Waals surface area contributed by atoms with Gasteiger partial charge in [0.15, 0.2) is 0 Å². The van der Waals surface area contributed by atoms with Crippen LogP contribution in [-0.2, 0) is 5.75 Å². The molecule has 2 aromatic rings. The third-order valence-electron chi connectivity index (χ3n) is 2.58. The lowest BCUT2D eigenvalue weighted by Crippen LogP contribution is -2.13. The van der Waals surface area contributed by atoms with Gasteiger partial charge in [-0.1, -0.05) is 24.3 Å². The van der Waals surface area contributed by atoms with Crippen molar-refractivity contribution in [1.82, 2.24) is 0 Å². The van der Waals surface area contributed by atoms with Crippen LogP contribution in [0.3, 0.4) is 0 Å². The first-order chi connectivity index (χ1) is 9.08. The van der Waals surface area contributed by atoms with Crippen LogP contribution in [0.25, 0.3) is 0 Å². The van der Waals surface area contributed by atoms with Crippen molar-refractivity contribution in [2.75, 3.05) is 0 Å². The van der Waals surface area contributed by atoms with Crippen molar-refractivity contribution >= 4 is 17.6 Å². The molecule has 0 aromatic heterocycles. The Morgan fingerprint density at radius 3 is 2.63 bits per heavy atom. The number of nitrogens with one attached hydrogen (secondary N) is 1. The molecule has 0 fully saturated rings. The van der Waals surface area contributed by atoms with E-state index in [0.717, 1.165) is 23.8 Å². The summed E-state index contributed by atoms with van der Waals surface area (Å²) < 4.78 is 26.5. The van der Waals surface area contributed by atoms with Crippen LogP contribution < -0.4 is 5.73 Å². The average Bonchev–Trinajstić information content (AvgIpc) is 2.40. The van der Waals surface area contributed by atoms with E-state index in [9.17, 15) is 8.78 Å². The van der Waals surface area contributed by atoms with Crippen molar-refractivity contribution < 1.29 is 8.78 Å². The van der Waals surface area contributed by atoms with Crippen molar-refractivity contribution in [2.45, 2.75) is 10.6 Å². The van der Waals surface area contributed by atoms with Gasteiger partial charge in [0, 0.05) is 16.2 Å². The van der Waals surface area contributed by atoms with Gasteiger partial charge in [0.25, 0.3) is 0 Å². The van der Waals surface area contributed by atoms with Crippen LogP contribution in [-0.4, -0.2) is 5.84 Å². The highest BCUT2D eigenvalue weighted by atomic mass is 32.2. The van der Waals surface area contributed by atoms with Crippen molar-refractivity contribution in [3.63, 3.8) is 0 Å². The summed E-state index contributed by atoms with van der Waals surface area (Å²) in [6.45, 7) is 0. The molecule has 3 N–H and O–H groups in total. The average molecular weight is 278 g/mol. The number of thioether (sulfide) groups is 1. The molecule has 2 rings (SSSR count). The number of nitrogens with two attached hydrogens (primary N) is 1. The second-order valence-electron chi connectivity index (χ2n) is 3.93. The lowest BCUT2D eigenvalue weighted by molar-refractivity contribution is 0.577. The van der Waals surface area contributed by atoms with E-state index in [1.807, 2.05) is 12.1 Å². The summed E-state index contributed by atoms with van der Waals surface area (Å²) in [4.78, 5) is 0.248. The monoisotopic (exact) mass is 278 g/mol. The van der Waals surface area contributed by atoms with E-state index in [2.05, 4.69) is 0 Å². The fourth-order valence-corrected chi connectivity index (χ4v) is 2.62. The molecular weight excluding hydrogens is 266 g/mol. The molecule has 0 atom stereocenters. The number of hydrogen-bond acceptors (Lipinski definition) is 2. The zero-order valence-corrected chi connectivity index (χ0v) is 10.8. The van der Waals surface area contributed by atoms with Crippen molar-refractivity contribution in [2.24, 2.45) is 5.73 Å². The number of rotatable bonds is 4. The lowest BCUT2D eigenvalue weighted by atomic mass is 10.1. The Kier molecular flexibility index (Phi) is 4.16. The summed E-state index contributed by atoms with van der Waals surface area (Å²) in [6.07, 6.45) is 0. The van der Waals surface area contributed by atoms with Gasteiger partial charge in [-0.15, -0.1) is 11.8 Å². The summed E-state index contributed by atoms with van der Waals surface area (Å²) >= 11 is 1.18. The van der Waals surface area contributed by atoms with E-state index in [1.54, 1.807) is 12.1 Å². The largest absolute Gasteiger partial charge is 0.384 e. The number of hydrogen-bond donors (Lipinski definition) is 2. The molecular formula is C14H12F2N2S. The fourth-order valence-electron chi connectivity index (χ4n) is 1.65. The summed E-state index contributed by atoms with van der Waals surface area (Å²) in [5.74, 6) is -0.526. The Balaban J connectivity index is 2.19. The van der Waals surface area contributed by atoms with Crippen LogP contribution in [0.4, 0.5) is 8.78 Å². The van der Waals surface area contributed by atoms with Crippen LogP contribution in [0.1, 0.15) is 11.1 Å². The van der Waals surface area contributed by atoms with E-state index in [0.29, 0.717) is 11.3 Å². The molecule has 0 aliphatic heterocycles. The van der Waals surface area contributed by atoms with Gasteiger partial charge >= 0.3 is 0 Å². The minimum atomic E-state index is -0.469. The van der Waals surface area contributed by atoms with Crippen LogP contribution in [0.5, 0.6) is 0 Å². The van der Waals surface area contributed by atoms with Crippen LogP contribution in [0, 0.1) is 17.0 Å². The van der Waals surface area contributed by atoms with Gasteiger partial charge < -0.3 is 5.73 Å². The van der Waals surface area contributed by atoms with E-state index in [-0.39, 0.29) is 10.7 Å². The summed E-state index contributed by atoms with van der Waals surface area (Å²) in [5.41, 5.74) is 6.92. The van der Waals surface area contributed by atoms with Crippen molar-refractivity contribution in [3.05, 3.63) is 65.2 Å². The molecule has 0 unspecified atom stereocenters. The molecule has 0 saturated carbocycles. The Morgan fingerprint density at radius 1 is 1.16 bits per heavy atom. The van der Waals surface area contributed by atoms with Gasteiger partial charge in [0.2, 0.25) is 0 Å². The normalized spacial score (nSPS) is 10.4. The third kappa shape index (κ3) is 3.32. The number of halogens is 2. The molecule has 0 bridgehead atoms. The van der Waals surface area contributed by atoms with E-state index in [4.69, 9.17) is 11.1 Å². The van der Waals surface area contributed by atoms with Crippen LogP contribution in [0.15, 0.2) is 47.4 Å². The van der Waals surface area contributed by atoms with E-state index < -0.39 is 11.6 Å². The molecule has 0 radical (unpaired) electrons. The molecule has 0 saturated heterocycles. The second kappa shape index (κ2) is 5.84. The summed E-state index contributed by atoms with van der Waals surface area (Å²) in [5, 5.41) is 7.47. The molecule has 0 spiro atoms. The van der Waals surface area contributed by atoms with Crippen LogP contribution >= 0.6 is 11.8 Å². The molecule has 2 aromatic carbocycles. The molecule has 2 nitrogen and oxygen atoms in total. The van der Waals surface area contributed by atoms with Crippen molar-refractivity contribution in [3.8, 4) is 0 Å².